The summed E-state index contributed by atoms with van der Waals surface area (Å²) in [6.45, 7) is 1.69. The lowest BCUT2D eigenvalue weighted by atomic mass is 10.2. The number of likely N-dealkylation sites (tertiary alicyclic amines) is 1. The van der Waals surface area contributed by atoms with Gasteiger partial charge in [0, 0.05) is 12.6 Å². The van der Waals surface area contributed by atoms with Gasteiger partial charge in [-0.2, -0.15) is 0 Å². The van der Waals surface area contributed by atoms with Gasteiger partial charge in [-0.3, -0.25) is 4.79 Å². The van der Waals surface area contributed by atoms with Crippen LogP contribution in [-0.4, -0.2) is 43.6 Å². The normalized spacial score (nSPS) is 19.8. The molecule has 0 aromatic heterocycles. The molecule has 1 aliphatic rings. The number of hydrogen-bond acceptors (Lipinski definition) is 3. The largest absolute Gasteiger partial charge is 0.481 e. The summed E-state index contributed by atoms with van der Waals surface area (Å²) in [5.41, 5.74) is 0. The van der Waals surface area contributed by atoms with E-state index in [-0.39, 0.29) is 24.3 Å². The molecule has 18 heavy (non-hydrogen) atoms. The predicted molar refractivity (Wildman–Crippen MR) is 65.9 cm³/mol. The Bertz CT molecular complexity index is 425. The fourth-order valence-corrected chi connectivity index (χ4v) is 2.03. The second kappa shape index (κ2) is 5.82. The van der Waals surface area contributed by atoms with E-state index in [4.69, 9.17) is 4.74 Å². The van der Waals surface area contributed by atoms with Crippen LogP contribution in [0.3, 0.4) is 0 Å². The highest BCUT2D eigenvalue weighted by molar-refractivity contribution is 5.77. The molecule has 5 heteroatoms. The standard InChI is InChI=1S/C13H17FN2O2/c1-16-7-6-10(8-16)15-13(17)9-18-12-5-3-2-4-11(12)14/h2-5,10H,6-9H2,1H3,(H,15,17). The van der Waals surface area contributed by atoms with Crippen molar-refractivity contribution in [1.82, 2.24) is 10.2 Å². The zero-order chi connectivity index (χ0) is 13.0. The van der Waals surface area contributed by atoms with Crippen LogP contribution >= 0.6 is 0 Å². The summed E-state index contributed by atoms with van der Waals surface area (Å²) in [6.07, 6.45) is 0.946. The molecule has 2 rings (SSSR count). The van der Waals surface area contributed by atoms with Crippen molar-refractivity contribution in [3.05, 3.63) is 30.1 Å². The summed E-state index contributed by atoms with van der Waals surface area (Å²) in [7, 11) is 2.02. The van der Waals surface area contributed by atoms with E-state index < -0.39 is 5.82 Å². The smallest absolute Gasteiger partial charge is 0.258 e. The Balaban J connectivity index is 1.77. The Morgan fingerprint density at radius 2 is 2.33 bits per heavy atom. The monoisotopic (exact) mass is 252 g/mol. The number of ether oxygens (including phenoxy) is 1. The maximum atomic E-state index is 13.2. The number of carbonyl (C=O) groups excluding carboxylic acids is 1. The van der Waals surface area contributed by atoms with Gasteiger partial charge in [-0.25, -0.2) is 4.39 Å². The van der Waals surface area contributed by atoms with Crippen LogP contribution in [0.2, 0.25) is 0 Å². The molecule has 0 saturated carbocycles. The molecule has 1 amide bonds. The van der Waals surface area contributed by atoms with Crippen molar-refractivity contribution in [1.29, 1.82) is 0 Å². The third-order valence-corrected chi connectivity index (χ3v) is 2.95. The first kappa shape index (κ1) is 12.8. The van der Waals surface area contributed by atoms with Crippen molar-refractivity contribution < 1.29 is 13.9 Å². The number of hydrogen-bond donors (Lipinski definition) is 1. The number of halogens is 1. The van der Waals surface area contributed by atoms with Gasteiger partial charge in [-0.05, 0) is 32.1 Å². The van der Waals surface area contributed by atoms with Gasteiger partial charge in [0.25, 0.3) is 5.91 Å². The minimum absolute atomic E-state index is 0.108. The summed E-state index contributed by atoms with van der Waals surface area (Å²) < 4.78 is 18.4. The van der Waals surface area contributed by atoms with Gasteiger partial charge < -0.3 is 15.0 Å². The van der Waals surface area contributed by atoms with Crippen LogP contribution in [0.1, 0.15) is 6.42 Å². The van der Waals surface area contributed by atoms with Gasteiger partial charge in [-0.15, -0.1) is 0 Å². The van der Waals surface area contributed by atoms with E-state index >= 15 is 0 Å². The molecule has 0 radical (unpaired) electrons. The number of nitrogens with zero attached hydrogens (tertiary/aromatic N) is 1. The summed E-state index contributed by atoms with van der Waals surface area (Å²) in [4.78, 5) is 13.8. The van der Waals surface area contributed by atoms with Crippen molar-refractivity contribution >= 4 is 5.91 Å². The molecule has 1 atom stereocenters. The van der Waals surface area contributed by atoms with E-state index in [0.717, 1.165) is 19.5 Å². The van der Waals surface area contributed by atoms with E-state index in [2.05, 4.69) is 10.2 Å². The lowest BCUT2D eigenvalue weighted by molar-refractivity contribution is -0.123. The Morgan fingerprint density at radius 3 is 3.00 bits per heavy atom. The molecule has 1 aromatic rings. The van der Waals surface area contributed by atoms with Crippen LogP contribution in [0.5, 0.6) is 5.75 Å². The van der Waals surface area contributed by atoms with Gasteiger partial charge in [0.2, 0.25) is 0 Å². The fourth-order valence-electron chi connectivity index (χ4n) is 2.03. The van der Waals surface area contributed by atoms with Crippen molar-refractivity contribution in [3.63, 3.8) is 0 Å². The minimum atomic E-state index is -0.453. The van der Waals surface area contributed by atoms with E-state index in [9.17, 15) is 9.18 Å². The molecule has 4 nitrogen and oxygen atoms in total. The molecule has 1 unspecified atom stereocenters. The average Bonchev–Trinajstić information content (AvgIpc) is 2.74. The maximum absolute atomic E-state index is 13.2. The van der Waals surface area contributed by atoms with Crippen molar-refractivity contribution in [2.45, 2.75) is 12.5 Å². The lowest BCUT2D eigenvalue weighted by Crippen LogP contribution is -2.39. The third-order valence-electron chi connectivity index (χ3n) is 2.95. The number of nitrogens with one attached hydrogen (secondary N) is 1. The molecule has 0 spiro atoms. The topological polar surface area (TPSA) is 41.6 Å². The van der Waals surface area contributed by atoms with Gasteiger partial charge in [0.05, 0.1) is 0 Å². The zero-order valence-corrected chi connectivity index (χ0v) is 10.4. The Hall–Kier alpha value is -1.62. The Morgan fingerprint density at radius 1 is 1.56 bits per heavy atom. The molecular formula is C13H17FN2O2. The second-order valence-electron chi connectivity index (χ2n) is 4.53. The summed E-state index contributed by atoms with van der Waals surface area (Å²) >= 11 is 0. The maximum Gasteiger partial charge on any atom is 0.258 e. The van der Waals surface area contributed by atoms with E-state index in [1.54, 1.807) is 12.1 Å². The van der Waals surface area contributed by atoms with Crippen LogP contribution in [-0.2, 0) is 4.79 Å². The van der Waals surface area contributed by atoms with Gasteiger partial charge in [0.1, 0.15) is 0 Å². The van der Waals surface area contributed by atoms with Crippen LogP contribution in [0.4, 0.5) is 4.39 Å². The SMILES string of the molecule is CN1CCC(NC(=O)COc2ccccc2F)C1. The molecule has 1 aromatic carbocycles. The Kier molecular flexibility index (Phi) is 4.15. The lowest BCUT2D eigenvalue weighted by Gasteiger charge is -2.13. The first-order valence-corrected chi connectivity index (χ1v) is 6.00. The van der Waals surface area contributed by atoms with Gasteiger partial charge in [-0.1, -0.05) is 12.1 Å². The number of carbonyl (C=O) groups is 1. The number of rotatable bonds is 4. The molecule has 0 bridgehead atoms. The highest BCUT2D eigenvalue weighted by atomic mass is 19.1. The number of likely N-dealkylation sites (N-methyl/N-ethyl adjacent to an activating group) is 1. The van der Waals surface area contributed by atoms with Crippen molar-refractivity contribution in [2.75, 3.05) is 26.7 Å². The molecule has 0 aliphatic carbocycles. The molecular weight excluding hydrogens is 235 g/mol. The highest BCUT2D eigenvalue weighted by Crippen LogP contribution is 2.15. The molecule has 1 heterocycles. The summed E-state index contributed by atoms with van der Waals surface area (Å²) in [5.74, 6) is -0.555. The highest BCUT2D eigenvalue weighted by Gasteiger charge is 2.21. The van der Waals surface area contributed by atoms with Crippen molar-refractivity contribution in [3.8, 4) is 5.75 Å². The van der Waals surface area contributed by atoms with E-state index in [1.807, 2.05) is 7.05 Å². The third kappa shape index (κ3) is 3.43. The number of para-hydroxylation sites is 1. The molecule has 1 saturated heterocycles. The Labute approximate surface area is 106 Å². The molecule has 98 valence electrons. The average molecular weight is 252 g/mol. The first-order valence-electron chi connectivity index (χ1n) is 6.00. The van der Waals surface area contributed by atoms with Gasteiger partial charge >= 0.3 is 0 Å². The second-order valence-corrected chi connectivity index (χ2v) is 4.53. The van der Waals surface area contributed by atoms with Crippen LogP contribution < -0.4 is 10.1 Å². The first-order chi connectivity index (χ1) is 8.65. The van der Waals surface area contributed by atoms with E-state index in [1.165, 1.54) is 12.1 Å². The summed E-state index contributed by atoms with van der Waals surface area (Å²) in [6, 6.07) is 6.23. The molecule has 1 aliphatic heterocycles. The quantitative estimate of drug-likeness (QED) is 0.870. The van der Waals surface area contributed by atoms with E-state index in [0.29, 0.717) is 0 Å². The molecule has 1 N–H and O–H groups in total. The predicted octanol–water partition coefficient (Wildman–Crippen LogP) is 1.02. The fraction of sp³-hybridized carbons (Fsp3) is 0.462. The van der Waals surface area contributed by atoms with Gasteiger partial charge in [0.15, 0.2) is 18.2 Å². The summed E-state index contributed by atoms with van der Waals surface area (Å²) in [5, 5.41) is 2.87. The van der Waals surface area contributed by atoms with Crippen molar-refractivity contribution in [2.24, 2.45) is 0 Å². The van der Waals surface area contributed by atoms with Crippen LogP contribution in [0, 0.1) is 5.82 Å². The molecule has 1 fully saturated rings. The van der Waals surface area contributed by atoms with Crippen LogP contribution in [0.15, 0.2) is 24.3 Å². The van der Waals surface area contributed by atoms with Crippen LogP contribution in [0.25, 0.3) is 0 Å². The number of benzene rings is 1. The zero-order valence-electron chi connectivity index (χ0n) is 10.4. The minimum Gasteiger partial charge on any atom is -0.481 e. The number of amides is 1.